The Morgan fingerprint density at radius 3 is 2.61 bits per heavy atom. The first-order valence-corrected chi connectivity index (χ1v) is 7.81. The zero-order valence-electron chi connectivity index (χ0n) is 13.8. The van der Waals surface area contributed by atoms with Crippen LogP contribution >= 0.6 is 0 Å². The minimum Gasteiger partial charge on any atom is -0.450 e. The van der Waals surface area contributed by atoms with Crippen LogP contribution in [0.4, 0.5) is 10.7 Å². The third kappa shape index (κ3) is 4.54. The fraction of sp³-hybridized carbons (Fsp3) is 0.600. The van der Waals surface area contributed by atoms with E-state index in [2.05, 4.69) is 15.3 Å². The molecule has 126 valence electrons. The molecular formula is C15H23N5O3. The number of hydrogen-bond donors (Lipinski definition) is 1. The molecule has 2 heterocycles. The van der Waals surface area contributed by atoms with Crippen LogP contribution in [0.3, 0.4) is 0 Å². The predicted molar refractivity (Wildman–Crippen MR) is 85.4 cm³/mol. The highest BCUT2D eigenvalue weighted by atomic mass is 16.6. The van der Waals surface area contributed by atoms with Crippen LogP contribution in [-0.2, 0) is 4.74 Å². The second-order valence-electron chi connectivity index (χ2n) is 5.54. The first-order valence-electron chi connectivity index (χ1n) is 7.81. The van der Waals surface area contributed by atoms with E-state index in [-0.39, 0.29) is 18.0 Å². The van der Waals surface area contributed by atoms with Crippen LogP contribution < -0.4 is 10.2 Å². The van der Waals surface area contributed by atoms with Crippen LogP contribution in [0.2, 0.25) is 0 Å². The summed E-state index contributed by atoms with van der Waals surface area (Å²) in [5, 5.41) is 2.81. The number of amides is 2. The monoisotopic (exact) mass is 321 g/mol. The van der Waals surface area contributed by atoms with Gasteiger partial charge in [-0.05, 0) is 26.8 Å². The van der Waals surface area contributed by atoms with Gasteiger partial charge in [0.05, 0.1) is 6.61 Å². The summed E-state index contributed by atoms with van der Waals surface area (Å²) in [4.78, 5) is 35.9. The molecule has 0 bridgehead atoms. The summed E-state index contributed by atoms with van der Waals surface area (Å²) >= 11 is 0. The molecule has 0 unspecified atom stereocenters. The van der Waals surface area contributed by atoms with Gasteiger partial charge in [-0.2, -0.15) is 0 Å². The summed E-state index contributed by atoms with van der Waals surface area (Å²) < 4.78 is 4.99. The summed E-state index contributed by atoms with van der Waals surface area (Å²) in [6.45, 7) is 8.26. The van der Waals surface area contributed by atoms with E-state index in [0.717, 1.165) is 0 Å². The number of hydrogen-bond acceptors (Lipinski definition) is 6. The number of anilines is 1. The standard InChI is InChI=1S/C15H23N5O3/c1-4-23-15(22)20-9-7-19(8-10-20)14-16-6-5-12(18-14)13(21)17-11(2)3/h5-6,11H,4,7-10H2,1-3H3,(H,17,21). The maximum Gasteiger partial charge on any atom is 0.409 e. The van der Waals surface area contributed by atoms with E-state index in [0.29, 0.717) is 44.4 Å². The van der Waals surface area contributed by atoms with Gasteiger partial charge >= 0.3 is 6.09 Å². The average Bonchev–Trinajstić information content (AvgIpc) is 2.55. The van der Waals surface area contributed by atoms with Crippen LogP contribution in [0.25, 0.3) is 0 Å². The number of ether oxygens (including phenoxy) is 1. The van der Waals surface area contributed by atoms with E-state index in [9.17, 15) is 9.59 Å². The van der Waals surface area contributed by atoms with Gasteiger partial charge in [0.15, 0.2) is 0 Å². The maximum absolute atomic E-state index is 12.0. The summed E-state index contributed by atoms with van der Waals surface area (Å²) in [6.07, 6.45) is 1.29. The predicted octanol–water partition coefficient (Wildman–Crippen LogP) is 0.893. The van der Waals surface area contributed by atoms with Crippen molar-refractivity contribution < 1.29 is 14.3 Å². The lowest BCUT2D eigenvalue weighted by Crippen LogP contribution is -2.49. The van der Waals surface area contributed by atoms with E-state index < -0.39 is 0 Å². The Balaban J connectivity index is 1.98. The van der Waals surface area contributed by atoms with Gasteiger partial charge in [-0.3, -0.25) is 4.79 Å². The molecular weight excluding hydrogens is 298 g/mol. The quantitative estimate of drug-likeness (QED) is 0.886. The number of rotatable bonds is 4. The van der Waals surface area contributed by atoms with Crippen molar-refractivity contribution in [2.45, 2.75) is 26.8 Å². The lowest BCUT2D eigenvalue weighted by molar-refractivity contribution is 0.0938. The molecule has 1 saturated heterocycles. The summed E-state index contributed by atoms with van der Waals surface area (Å²) in [7, 11) is 0. The number of nitrogens with zero attached hydrogens (tertiary/aromatic N) is 4. The van der Waals surface area contributed by atoms with Crippen molar-refractivity contribution in [1.82, 2.24) is 20.2 Å². The highest BCUT2D eigenvalue weighted by Crippen LogP contribution is 2.12. The lowest BCUT2D eigenvalue weighted by atomic mass is 10.3. The zero-order valence-corrected chi connectivity index (χ0v) is 13.8. The first kappa shape index (κ1) is 17.0. The number of aromatic nitrogens is 2. The largest absolute Gasteiger partial charge is 0.450 e. The Kier molecular flexibility index (Phi) is 5.72. The molecule has 0 aromatic carbocycles. The fourth-order valence-corrected chi connectivity index (χ4v) is 2.27. The van der Waals surface area contributed by atoms with Gasteiger partial charge in [-0.25, -0.2) is 14.8 Å². The van der Waals surface area contributed by atoms with Crippen molar-refractivity contribution >= 4 is 17.9 Å². The van der Waals surface area contributed by atoms with Crippen molar-refractivity contribution in [2.24, 2.45) is 0 Å². The van der Waals surface area contributed by atoms with E-state index >= 15 is 0 Å². The SMILES string of the molecule is CCOC(=O)N1CCN(c2nccc(C(=O)NC(C)C)n2)CC1. The zero-order chi connectivity index (χ0) is 16.8. The van der Waals surface area contributed by atoms with E-state index in [1.54, 1.807) is 24.1 Å². The maximum atomic E-state index is 12.0. The molecule has 8 heteroatoms. The number of nitrogens with one attached hydrogen (secondary N) is 1. The molecule has 1 aromatic heterocycles. The van der Waals surface area contributed by atoms with Crippen LogP contribution in [0.15, 0.2) is 12.3 Å². The van der Waals surface area contributed by atoms with Crippen molar-refractivity contribution in [2.75, 3.05) is 37.7 Å². The van der Waals surface area contributed by atoms with Gasteiger partial charge in [-0.15, -0.1) is 0 Å². The second kappa shape index (κ2) is 7.75. The third-order valence-corrected chi connectivity index (χ3v) is 3.38. The molecule has 8 nitrogen and oxygen atoms in total. The Morgan fingerprint density at radius 1 is 1.30 bits per heavy atom. The van der Waals surface area contributed by atoms with E-state index in [1.165, 1.54) is 0 Å². The number of carbonyl (C=O) groups is 2. The summed E-state index contributed by atoms with van der Waals surface area (Å²) in [5.74, 6) is 0.290. The minimum atomic E-state index is -0.293. The highest BCUT2D eigenvalue weighted by molar-refractivity contribution is 5.92. The molecule has 1 aliphatic heterocycles. The van der Waals surface area contributed by atoms with Gasteiger partial charge in [0.1, 0.15) is 5.69 Å². The fourth-order valence-electron chi connectivity index (χ4n) is 2.27. The summed E-state index contributed by atoms with van der Waals surface area (Å²) in [6, 6.07) is 1.64. The van der Waals surface area contributed by atoms with Gasteiger partial charge in [0, 0.05) is 38.4 Å². The van der Waals surface area contributed by atoms with Gasteiger partial charge in [0.2, 0.25) is 5.95 Å². The van der Waals surface area contributed by atoms with Gasteiger partial charge in [-0.1, -0.05) is 0 Å². The summed E-state index contributed by atoms with van der Waals surface area (Å²) in [5.41, 5.74) is 0.344. The molecule has 0 aliphatic carbocycles. The van der Waals surface area contributed by atoms with Gasteiger partial charge in [0.25, 0.3) is 5.91 Å². The van der Waals surface area contributed by atoms with Gasteiger partial charge < -0.3 is 19.9 Å². The molecule has 2 amide bonds. The molecule has 0 atom stereocenters. The smallest absolute Gasteiger partial charge is 0.409 e. The number of piperazine rings is 1. The molecule has 1 N–H and O–H groups in total. The molecule has 0 spiro atoms. The van der Waals surface area contributed by atoms with Crippen LogP contribution in [0.5, 0.6) is 0 Å². The van der Waals surface area contributed by atoms with Crippen molar-refractivity contribution in [3.8, 4) is 0 Å². The van der Waals surface area contributed by atoms with Crippen LogP contribution in [0.1, 0.15) is 31.3 Å². The molecule has 2 rings (SSSR count). The molecule has 0 saturated carbocycles. The number of carbonyl (C=O) groups excluding carboxylic acids is 2. The topological polar surface area (TPSA) is 87.7 Å². The van der Waals surface area contributed by atoms with Crippen LogP contribution in [-0.4, -0.2) is 65.7 Å². The molecule has 1 aromatic rings. The Morgan fingerprint density at radius 2 is 2.00 bits per heavy atom. The van der Waals surface area contributed by atoms with Crippen molar-refractivity contribution in [3.63, 3.8) is 0 Å². The highest BCUT2D eigenvalue weighted by Gasteiger charge is 2.23. The first-order chi connectivity index (χ1) is 11.0. The molecule has 1 aliphatic rings. The molecule has 1 fully saturated rings. The third-order valence-electron chi connectivity index (χ3n) is 3.38. The second-order valence-corrected chi connectivity index (χ2v) is 5.54. The van der Waals surface area contributed by atoms with E-state index in [4.69, 9.17) is 4.74 Å². The Labute approximate surface area is 135 Å². The van der Waals surface area contributed by atoms with E-state index in [1.807, 2.05) is 18.7 Å². The Hall–Kier alpha value is -2.38. The van der Waals surface area contributed by atoms with Crippen LogP contribution in [0, 0.1) is 0 Å². The lowest BCUT2D eigenvalue weighted by Gasteiger charge is -2.34. The van der Waals surface area contributed by atoms with Crippen molar-refractivity contribution in [1.29, 1.82) is 0 Å². The van der Waals surface area contributed by atoms with Crippen molar-refractivity contribution in [3.05, 3.63) is 18.0 Å². The Bertz CT molecular complexity index is 556. The molecule has 0 radical (unpaired) electrons. The molecule has 23 heavy (non-hydrogen) atoms. The normalized spacial score (nSPS) is 14.8. The minimum absolute atomic E-state index is 0.0500. The average molecular weight is 321 g/mol.